The van der Waals surface area contributed by atoms with Gasteiger partial charge in [0.2, 0.25) is 0 Å². The lowest BCUT2D eigenvalue weighted by Crippen LogP contribution is -2.53. The normalized spacial score (nSPS) is 47.0. The Hall–Kier alpha value is 3.34. The van der Waals surface area contributed by atoms with Crippen LogP contribution in [0.4, 0.5) is 0 Å². The quantitative estimate of drug-likeness (QED) is 0.139. The van der Waals surface area contributed by atoms with Gasteiger partial charge in [-0.1, -0.05) is 139 Å². The molecule has 0 aromatic heterocycles. The number of halogens is 16. The third kappa shape index (κ3) is 2.54. The first-order valence-corrected chi connectivity index (χ1v) is 15.8. The van der Waals surface area contributed by atoms with Gasteiger partial charge in [-0.25, -0.2) is 0 Å². The molecule has 0 nitrogen and oxygen atoms in total. The SMILES string of the molecule is ClC1=C(Cl)C2(Cl)C3C(c4c(Cl)c(Cl)c(Cl)c(Cl)c4C4C3C3(Cl)C(Cl)=C(Cl)C4(Cl)C3(Cl)Cl)C1(Cl)C2(Cl)Cl. The topological polar surface area (TPSA) is 0 Å². The van der Waals surface area contributed by atoms with E-state index in [1.165, 1.54) is 0 Å². The first kappa shape index (κ1) is 29.4. The molecule has 0 radical (unpaired) electrons. The molecule has 0 amide bonds. The third-order valence-corrected chi connectivity index (χ3v) is 18.7. The molecular weight excluding hydrogens is 807 g/mol. The van der Waals surface area contributed by atoms with Crippen molar-refractivity contribution in [2.24, 2.45) is 11.8 Å². The van der Waals surface area contributed by atoms with Gasteiger partial charge in [-0.3, -0.25) is 0 Å². The van der Waals surface area contributed by atoms with Gasteiger partial charge in [0.05, 0.1) is 40.2 Å². The first-order valence-electron chi connectivity index (χ1n) is 9.76. The second-order valence-corrected chi connectivity index (χ2v) is 17.4. The molecule has 5 aliphatic rings. The molecule has 0 saturated heterocycles. The molecule has 2 fully saturated rings. The summed E-state index contributed by atoms with van der Waals surface area (Å²) in [5.74, 6) is -3.84. The van der Waals surface area contributed by atoms with Gasteiger partial charge in [-0.2, -0.15) is 0 Å². The Bertz CT molecular complexity index is 1280. The van der Waals surface area contributed by atoms with E-state index >= 15 is 0 Å². The molecule has 36 heavy (non-hydrogen) atoms. The van der Waals surface area contributed by atoms with E-state index in [9.17, 15) is 0 Å². The highest BCUT2D eigenvalue weighted by Gasteiger charge is 2.92. The summed E-state index contributed by atoms with van der Waals surface area (Å²) in [6, 6.07) is 0. The van der Waals surface area contributed by atoms with Gasteiger partial charge < -0.3 is 0 Å². The maximum absolute atomic E-state index is 7.28. The van der Waals surface area contributed by atoms with Crippen molar-refractivity contribution in [2.75, 3.05) is 0 Å². The van der Waals surface area contributed by atoms with Gasteiger partial charge >= 0.3 is 0 Å². The molecular formula is C20H4Cl16. The highest BCUT2D eigenvalue weighted by molar-refractivity contribution is 6.68. The summed E-state index contributed by atoms with van der Waals surface area (Å²) >= 11 is 110. The summed E-state index contributed by atoms with van der Waals surface area (Å²) in [5, 5.41) is -0.425. The third-order valence-electron chi connectivity index (χ3n) is 8.34. The van der Waals surface area contributed by atoms with Crippen LogP contribution in [0.3, 0.4) is 0 Å². The maximum Gasteiger partial charge on any atom is 0.167 e. The Balaban J connectivity index is 1.86. The van der Waals surface area contributed by atoms with E-state index in [0.29, 0.717) is 11.1 Å². The van der Waals surface area contributed by atoms with Crippen molar-refractivity contribution in [1.29, 1.82) is 0 Å². The highest BCUT2D eigenvalue weighted by Crippen LogP contribution is 2.89. The van der Waals surface area contributed by atoms with Crippen LogP contribution >= 0.6 is 186 Å². The number of benzene rings is 1. The molecule has 0 N–H and O–H groups in total. The zero-order chi connectivity index (χ0) is 27.1. The van der Waals surface area contributed by atoms with Gasteiger partial charge in [0.25, 0.3) is 0 Å². The maximum atomic E-state index is 7.28. The minimum Gasteiger partial charge on any atom is -0.109 e. The zero-order valence-electron chi connectivity index (χ0n) is 16.4. The summed E-state index contributed by atoms with van der Waals surface area (Å²) in [4.78, 5) is -7.28. The molecule has 8 atom stereocenters. The molecule has 0 heterocycles. The van der Waals surface area contributed by atoms with Crippen LogP contribution < -0.4 is 0 Å². The molecule has 8 unspecified atom stereocenters. The molecule has 196 valence electrons. The summed E-state index contributed by atoms with van der Waals surface area (Å²) in [6.45, 7) is 0. The van der Waals surface area contributed by atoms with E-state index in [0.717, 1.165) is 0 Å². The van der Waals surface area contributed by atoms with E-state index in [4.69, 9.17) is 186 Å². The van der Waals surface area contributed by atoms with E-state index in [1.54, 1.807) is 0 Å². The molecule has 6 rings (SSSR count). The van der Waals surface area contributed by atoms with Gasteiger partial charge in [-0.15, -0.1) is 46.4 Å². The van der Waals surface area contributed by atoms with Crippen LogP contribution in [-0.4, -0.2) is 28.2 Å². The number of fused-ring (bicyclic) bond motifs is 14. The number of rotatable bonds is 0. The molecule has 1 aromatic rings. The fraction of sp³-hybridized carbons (Fsp3) is 0.500. The minimum absolute atomic E-state index is 0.000290. The number of alkyl halides is 8. The molecule has 1 aromatic carbocycles. The smallest absolute Gasteiger partial charge is 0.109 e. The number of hydrogen-bond donors (Lipinski definition) is 0. The Kier molecular flexibility index (Phi) is 6.60. The first-order chi connectivity index (χ1) is 16.3. The van der Waals surface area contributed by atoms with E-state index < -0.39 is 51.8 Å². The Morgan fingerprint density at radius 1 is 0.361 bits per heavy atom. The highest BCUT2D eigenvalue weighted by atomic mass is 35.5. The summed E-state index contributed by atoms with van der Waals surface area (Å²) in [7, 11) is 0. The van der Waals surface area contributed by atoms with Gasteiger partial charge in [-0.05, 0) is 11.1 Å². The predicted molar refractivity (Wildman–Crippen MR) is 160 cm³/mol. The van der Waals surface area contributed by atoms with Crippen molar-refractivity contribution >= 4 is 186 Å². The average Bonchev–Trinajstić information content (AvgIpc) is 3.15. The second-order valence-electron chi connectivity index (χ2n) is 9.34. The van der Waals surface area contributed by atoms with Gasteiger partial charge in [0.15, 0.2) is 8.67 Å². The molecule has 0 aliphatic heterocycles. The van der Waals surface area contributed by atoms with Crippen LogP contribution in [0.2, 0.25) is 20.1 Å². The van der Waals surface area contributed by atoms with Crippen molar-refractivity contribution in [1.82, 2.24) is 0 Å². The van der Waals surface area contributed by atoms with Crippen LogP contribution in [0.15, 0.2) is 20.1 Å². The molecule has 4 bridgehead atoms. The Morgan fingerprint density at radius 3 is 0.889 bits per heavy atom. The molecule has 0 spiro atoms. The average molecular weight is 811 g/mol. The van der Waals surface area contributed by atoms with Crippen molar-refractivity contribution in [3.8, 4) is 0 Å². The lowest BCUT2D eigenvalue weighted by molar-refractivity contribution is 0.201. The van der Waals surface area contributed by atoms with Crippen molar-refractivity contribution in [3.05, 3.63) is 51.3 Å². The zero-order valence-corrected chi connectivity index (χ0v) is 28.5. The largest absolute Gasteiger partial charge is 0.167 e. The molecule has 2 saturated carbocycles. The summed E-state index contributed by atoms with van der Waals surface area (Å²) < 4.78 is -4.01. The fourth-order valence-corrected chi connectivity index (χ4v) is 14.2. The van der Waals surface area contributed by atoms with E-state index in [-0.39, 0.29) is 40.2 Å². The molecule has 5 aliphatic carbocycles. The Labute approximate surface area is 285 Å². The van der Waals surface area contributed by atoms with Crippen molar-refractivity contribution < 1.29 is 0 Å². The summed E-state index contributed by atoms with van der Waals surface area (Å²) in [5.41, 5.74) is 0.593. The van der Waals surface area contributed by atoms with E-state index in [2.05, 4.69) is 0 Å². The van der Waals surface area contributed by atoms with Crippen LogP contribution in [0, 0.1) is 11.8 Å². The monoisotopic (exact) mass is 804 g/mol. The molecule has 16 heteroatoms. The van der Waals surface area contributed by atoms with E-state index in [1.807, 2.05) is 0 Å². The number of hydrogen-bond acceptors (Lipinski definition) is 0. The fourth-order valence-electron chi connectivity index (χ4n) is 6.99. The van der Waals surface area contributed by atoms with Crippen molar-refractivity contribution in [3.63, 3.8) is 0 Å². The van der Waals surface area contributed by atoms with Crippen LogP contribution in [0.1, 0.15) is 23.0 Å². The van der Waals surface area contributed by atoms with Crippen molar-refractivity contribution in [2.45, 2.75) is 40.0 Å². The van der Waals surface area contributed by atoms with Crippen LogP contribution in [0.25, 0.3) is 0 Å². The lowest BCUT2D eigenvalue weighted by Gasteiger charge is -2.53. The Morgan fingerprint density at radius 2 is 0.611 bits per heavy atom. The minimum atomic E-state index is -2.00. The predicted octanol–water partition coefficient (Wildman–Crippen LogP) is 12.4. The van der Waals surface area contributed by atoms with Gasteiger partial charge in [0.1, 0.15) is 19.5 Å². The van der Waals surface area contributed by atoms with Crippen LogP contribution in [0.5, 0.6) is 0 Å². The van der Waals surface area contributed by atoms with Crippen LogP contribution in [-0.2, 0) is 0 Å². The summed E-state index contributed by atoms with van der Waals surface area (Å²) in [6.07, 6.45) is 0. The van der Waals surface area contributed by atoms with Gasteiger partial charge in [0, 0.05) is 23.7 Å². The number of allylic oxidation sites excluding steroid dienone is 4. The lowest BCUT2D eigenvalue weighted by atomic mass is 9.57. The standard InChI is InChI=1S/C20H4Cl16/c21-7-1-2(8(22)10(24)9(7)23)4-6(18(32)14(28)12(26)16(4,30)20(18,35)36)5-3(1)15(29)11(25)13(27)17(5,31)19(15,33)34/h3-6H. The second kappa shape index (κ2) is 8.08.